The van der Waals surface area contributed by atoms with Crippen LogP contribution in [-0.4, -0.2) is 49.3 Å². The van der Waals surface area contributed by atoms with Crippen molar-refractivity contribution in [2.75, 3.05) is 19.1 Å². The molecule has 2 rings (SSSR count). The summed E-state index contributed by atoms with van der Waals surface area (Å²) in [6.45, 7) is 5.55. The summed E-state index contributed by atoms with van der Waals surface area (Å²) in [5.74, 6) is -1.14. The predicted molar refractivity (Wildman–Crippen MR) is 114 cm³/mol. The summed E-state index contributed by atoms with van der Waals surface area (Å²) in [6, 6.07) is 4.53. The molecule has 1 unspecified atom stereocenters. The SMILES string of the molecule is C1=COCC=N1.CC(C)(C)OC(=O)NNC(=O)C(OCCCl)c1ccc(OC(F)(F)F)cc1. The molecule has 0 fully saturated rings. The van der Waals surface area contributed by atoms with E-state index in [0.717, 1.165) is 12.1 Å². The van der Waals surface area contributed by atoms with Gasteiger partial charge < -0.3 is 18.9 Å². The number of amides is 2. The molecule has 0 saturated carbocycles. The van der Waals surface area contributed by atoms with E-state index in [1.807, 2.05) is 0 Å². The van der Waals surface area contributed by atoms with Gasteiger partial charge in [-0.25, -0.2) is 10.2 Å². The van der Waals surface area contributed by atoms with E-state index in [2.05, 4.69) is 20.6 Å². The average Bonchev–Trinajstić information content (AvgIpc) is 2.73. The zero-order valence-electron chi connectivity index (χ0n) is 18.1. The van der Waals surface area contributed by atoms with Crippen LogP contribution < -0.4 is 15.6 Å². The Bertz CT molecular complexity index is 799. The lowest BCUT2D eigenvalue weighted by Gasteiger charge is -2.21. The molecule has 1 atom stereocenters. The summed E-state index contributed by atoms with van der Waals surface area (Å²) in [6.07, 6.45) is -2.05. The number of hydrogen-bond donors (Lipinski definition) is 2. The number of nitrogens with zero attached hydrogens (tertiary/aromatic N) is 1. The minimum atomic E-state index is -4.83. The average molecular weight is 496 g/mol. The standard InChI is InChI=1S/C16H20ClF3N2O5.C4H5NO/c1-15(2,3)27-14(24)22-21-13(23)12(25-9-8-17)10-4-6-11(7-5-10)26-16(18,19)20;1-3-6-4-2-5-1/h4-7,12H,8-9H2,1-3H3,(H,21,23)(H,22,24);1-3H,4H2. The van der Waals surface area contributed by atoms with Crippen molar-refractivity contribution in [1.82, 2.24) is 10.9 Å². The van der Waals surface area contributed by atoms with Crippen molar-refractivity contribution < 1.29 is 41.7 Å². The predicted octanol–water partition coefficient (Wildman–Crippen LogP) is 4.00. The Morgan fingerprint density at radius 1 is 1.18 bits per heavy atom. The van der Waals surface area contributed by atoms with E-state index in [4.69, 9.17) is 25.8 Å². The maximum absolute atomic E-state index is 12.3. The first kappa shape index (κ1) is 28.0. The van der Waals surface area contributed by atoms with Gasteiger partial charge in [-0.15, -0.1) is 24.8 Å². The summed E-state index contributed by atoms with van der Waals surface area (Å²) in [5, 5.41) is 0. The van der Waals surface area contributed by atoms with Gasteiger partial charge in [0.1, 0.15) is 24.2 Å². The lowest BCUT2D eigenvalue weighted by molar-refractivity contribution is -0.274. The molecule has 0 aliphatic carbocycles. The largest absolute Gasteiger partial charge is 0.573 e. The van der Waals surface area contributed by atoms with Crippen LogP contribution in [0.3, 0.4) is 0 Å². The van der Waals surface area contributed by atoms with E-state index in [1.54, 1.807) is 39.4 Å². The monoisotopic (exact) mass is 495 g/mol. The van der Waals surface area contributed by atoms with Crippen LogP contribution >= 0.6 is 11.6 Å². The molecule has 13 heteroatoms. The van der Waals surface area contributed by atoms with Crippen LogP contribution in [0, 0.1) is 0 Å². The lowest BCUT2D eigenvalue weighted by Crippen LogP contribution is -2.46. The highest BCUT2D eigenvalue weighted by Gasteiger charge is 2.31. The fourth-order valence-electron chi connectivity index (χ4n) is 2.09. The van der Waals surface area contributed by atoms with E-state index in [1.165, 1.54) is 12.1 Å². The summed E-state index contributed by atoms with van der Waals surface area (Å²) in [7, 11) is 0. The molecule has 0 aromatic heterocycles. The normalized spacial score (nSPS) is 13.7. The van der Waals surface area contributed by atoms with E-state index in [0.29, 0.717) is 6.61 Å². The van der Waals surface area contributed by atoms with Gasteiger partial charge in [-0.05, 0) is 38.5 Å². The first-order valence-electron chi connectivity index (χ1n) is 9.51. The molecule has 0 bridgehead atoms. The highest BCUT2D eigenvalue weighted by Crippen LogP contribution is 2.25. The minimum absolute atomic E-state index is 0.00706. The zero-order chi connectivity index (χ0) is 24.9. The van der Waals surface area contributed by atoms with Gasteiger partial charge in [0.25, 0.3) is 5.91 Å². The highest BCUT2D eigenvalue weighted by molar-refractivity contribution is 6.18. The number of rotatable bonds is 6. The number of halogens is 4. The Hall–Kier alpha value is -2.99. The first-order valence-corrected chi connectivity index (χ1v) is 10.0. The van der Waals surface area contributed by atoms with Crippen molar-refractivity contribution in [3.8, 4) is 5.75 Å². The maximum Gasteiger partial charge on any atom is 0.573 e. The summed E-state index contributed by atoms with van der Waals surface area (Å²) in [5.41, 5.74) is 3.65. The molecule has 1 aromatic carbocycles. The van der Waals surface area contributed by atoms with Gasteiger partial charge in [-0.1, -0.05) is 12.1 Å². The molecule has 9 nitrogen and oxygen atoms in total. The van der Waals surface area contributed by atoms with Gasteiger partial charge in [0, 0.05) is 12.1 Å². The number of hydrogen-bond acceptors (Lipinski definition) is 7. The van der Waals surface area contributed by atoms with Crippen LogP contribution in [0.5, 0.6) is 5.75 Å². The van der Waals surface area contributed by atoms with Crippen molar-refractivity contribution in [1.29, 1.82) is 0 Å². The third-order valence-electron chi connectivity index (χ3n) is 3.22. The van der Waals surface area contributed by atoms with Crippen molar-refractivity contribution in [2.45, 2.75) is 38.8 Å². The maximum atomic E-state index is 12.3. The number of carbonyl (C=O) groups excluding carboxylic acids is 2. The van der Waals surface area contributed by atoms with Crippen molar-refractivity contribution in [3.63, 3.8) is 0 Å². The molecular formula is C20H25ClF3N3O6. The van der Waals surface area contributed by atoms with E-state index >= 15 is 0 Å². The Kier molecular flexibility index (Phi) is 11.5. The van der Waals surface area contributed by atoms with E-state index in [9.17, 15) is 22.8 Å². The Morgan fingerprint density at radius 2 is 1.85 bits per heavy atom. The summed E-state index contributed by atoms with van der Waals surface area (Å²) < 4.78 is 55.4. The molecule has 0 radical (unpaired) electrons. The van der Waals surface area contributed by atoms with Crippen LogP contribution in [0.2, 0.25) is 0 Å². The summed E-state index contributed by atoms with van der Waals surface area (Å²) in [4.78, 5) is 27.6. The number of hydrazine groups is 1. The lowest BCUT2D eigenvalue weighted by atomic mass is 10.1. The number of alkyl halides is 4. The molecule has 0 spiro atoms. The first-order chi connectivity index (χ1) is 15.4. The number of carbonyl (C=O) groups is 2. The second-order valence-electron chi connectivity index (χ2n) is 7.12. The van der Waals surface area contributed by atoms with Gasteiger partial charge in [0.05, 0.1) is 12.8 Å². The van der Waals surface area contributed by atoms with Crippen LogP contribution in [0.15, 0.2) is 41.7 Å². The Labute approximate surface area is 193 Å². The molecule has 2 amide bonds. The molecule has 1 aliphatic rings. The Morgan fingerprint density at radius 3 is 2.27 bits per heavy atom. The van der Waals surface area contributed by atoms with Crippen LogP contribution in [-0.2, 0) is 19.0 Å². The molecule has 1 aromatic rings. The number of nitrogens with one attached hydrogen (secondary N) is 2. The fraction of sp³-hybridized carbons (Fsp3) is 0.450. The second kappa shape index (κ2) is 13.5. The summed E-state index contributed by atoms with van der Waals surface area (Å²) >= 11 is 5.54. The molecule has 184 valence electrons. The molecular weight excluding hydrogens is 471 g/mol. The van der Waals surface area contributed by atoms with Gasteiger partial charge in [0.15, 0.2) is 6.10 Å². The van der Waals surface area contributed by atoms with Crippen LogP contribution in [0.4, 0.5) is 18.0 Å². The molecule has 0 saturated heterocycles. The van der Waals surface area contributed by atoms with Gasteiger partial charge in [0.2, 0.25) is 0 Å². The zero-order valence-corrected chi connectivity index (χ0v) is 18.9. The quantitative estimate of drug-likeness (QED) is 0.456. The minimum Gasteiger partial charge on any atom is -0.494 e. The van der Waals surface area contributed by atoms with Gasteiger partial charge in [-0.3, -0.25) is 15.2 Å². The third-order valence-corrected chi connectivity index (χ3v) is 3.38. The Balaban J connectivity index is 0.000000779. The van der Waals surface area contributed by atoms with Crippen LogP contribution in [0.25, 0.3) is 0 Å². The second-order valence-corrected chi connectivity index (χ2v) is 7.50. The molecule has 1 aliphatic heterocycles. The molecule has 33 heavy (non-hydrogen) atoms. The van der Waals surface area contributed by atoms with Gasteiger partial charge in [-0.2, -0.15) is 0 Å². The number of aliphatic imine (C=N–C) groups is 1. The van der Waals surface area contributed by atoms with Gasteiger partial charge >= 0.3 is 12.5 Å². The number of benzene rings is 1. The van der Waals surface area contributed by atoms with E-state index in [-0.39, 0.29) is 18.1 Å². The van der Waals surface area contributed by atoms with Crippen LogP contribution in [0.1, 0.15) is 32.4 Å². The van der Waals surface area contributed by atoms with Crippen molar-refractivity contribution in [2.24, 2.45) is 4.99 Å². The molecule has 2 N–H and O–H groups in total. The fourth-order valence-corrected chi connectivity index (χ4v) is 2.18. The third kappa shape index (κ3) is 13.2. The van der Waals surface area contributed by atoms with Crippen molar-refractivity contribution in [3.05, 3.63) is 42.3 Å². The highest BCUT2D eigenvalue weighted by atomic mass is 35.5. The number of ether oxygens (including phenoxy) is 4. The topological polar surface area (TPSA) is 107 Å². The molecule has 1 heterocycles. The van der Waals surface area contributed by atoms with E-state index < -0.39 is 35.8 Å². The van der Waals surface area contributed by atoms with Crippen molar-refractivity contribution >= 4 is 29.8 Å². The smallest absolute Gasteiger partial charge is 0.494 e.